The highest BCUT2D eigenvalue weighted by Crippen LogP contribution is 2.26. The average molecular weight is 303 g/mol. The Morgan fingerprint density at radius 1 is 1.29 bits per heavy atom. The van der Waals surface area contributed by atoms with Gasteiger partial charge in [0, 0.05) is 46.1 Å². The second kappa shape index (κ2) is 8.17. The molecular weight excluding hydrogens is 277 g/mol. The number of methoxy groups -OCH3 is 1. The minimum atomic E-state index is -1.89. The van der Waals surface area contributed by atoms with Gasteiger partial charge in [0.2, 0.25) is 0 Å². The van der Waals surface area contributed by atoms with Gasteiger partial charge in [0.05, 0.1) is 6.61 Å². The van der Waals surface area contributed by atoms with E-state index < -0.39 is 11.6 Å². The Bertz CT molecular complexity index is 355. The van der Waals surface area contributed by atoms with Crippen molar-refractivity contribution in [3.05, 3.63) is 0 Å². The molecule has 0 atom stereocenters. The lowest BCUT2D eigenvalue weighted by molar-refractivity contribution is -0.135. The topological polar surface area (TPSA) is 70.7 Å². The van der Waals surface area contributed by atoms with Crippen LogP contribution in [0.4, 0.5) is 9.18 Å². The summed E-state index contributed by atoms with van der Waals surface area (Å²) in [6.45, 7) is 5.75. The van der Waals surface area contributed by atoms with Gasteiger partial charge >= 0.3 is 6.03 Å². The lowest BCUT2D eigenvalue weighted by Crippen LogP contribution is -2.54. The first kappa shape index (κ1) is 17.7. The Morgan fingerprint density at radius 2 is 1.90 bits per heavy atom. The van der Waals surface area contributed by atoms with Gasteiger partial charge in [0.25, 0.3) is 5.91 Å². The van der Waals surface area contributed by atoms with Crippen LogP contribution in [0.25, 0.3) is 0 Å². The molecular formula is C14H26FN3O3. The van der Waals surface area contributed by atoms with Crippen molar-refractivity contribution in [2.24, 2.45) is 5.92 Å². The number of carbonyl (C=O) groups is 2. The second-order valence-corrected chi connectivity index (χ2v) is 5.78. The molecule has 0 aromatic carbocycles. The number of piperidine rings is 1. The number of amides is 3. The Balaban J connectivity index is 2.39. The molecule has 0 spiro atoms. The first-order valence-corrected chi connectivity index (χ1v) is 7.38. The number of hydrogen-bond acceptors (Lipinski definition) is 3. The van der Waals surface area contributed by atoms with E-state index in [1.807, 2.05) is 13.8 Å². The normalized spacial score (nSPS) is 17.7. The van der Waals surface area contributed by atoms with E-state index in [1.54, 1.807) is 4.90 Å². The van der Waals surface area contributed by atoms with Gasteiger partial charge in [-0.1, -0.05) is 13.8 Å². The number of likely N-dealkylation sites (tertiary alicyclic amines) is 1. The average Bonchev–Trinajstić information content (AvgIpc) is 2.45. The summed E-state index contributed by atoms with van der Waals surface area (Å²) < 4.78 is 19.3. The van der Waals surface area contributed by atoms with Gasteiger partial charge in [-0.2, -0.15) is 0 Å². The quantitative estimate of drug-likeness (QED) is 0.717. The van der Waals surface area contributed by atoms with Gasteiger partial charge in [0.1, 0.15) is 0 Å². The summed E-state index contributed by atoms with van der Waals surface area (Å²) in [6, 6.07) is -0.189. The minimum absolute atomic E-state index is 0.0287. The standard InChI is InChI=1S/C14H26FN3O3/c1-11(2)10-17-13(20)18-7-4-14(15,5-8-18)12(19)16-6-9-21-3/h11H,4-10H2,1-3H3,(H,16,19)(H,17,20). The number of rotatable bonds is 6. The molecule has 1 saturated heterocycles. The van der Waals surface area contributed by atoms with Crippen molar-refractivity contribution in [2.45, 2.75) is 32.4 Å². The summed E-state index contributed by atoms with van der Waals surface area (Å²) in [6.07, 6.45) is 0.0574. The van der Waals surface area contributed by atoms with Gasteiger partial charge < -0.3 is 20.3 Å². The van der Waals surface area contributed by atoms with Crippen LogP contribution in [-0.2, 0) is 9.53 Å². The fourth-order valence-electron chi connectivity index (χ4n) is 2.12. The first-order valence-electron chi connectivity index (χ1n) is 7.38. The maximum Gasteiger partial charge on any atom is 0.317 e. The van der Waals surface area contributed by atoms with Crippen LogP contribution >= 0.6 is 0 Å². The summed E-state index contributed by atoms with van der Waals surface area (Å²) in [5.74, 6) is -0.243. The van der Waals surface area contributed by atoms with E-state index in [9.17, 15) is 14.0 Å². The van der Waals surface area contributed by atoms with Gasteiger partial charge in [-0.15, -0.1) is 0 Å². The zero-order chi connectivity index (χ0) is 15.9. The van der Waals surface area contributed by atoms with Crippen molar-refractivity contribution in [3.8, 4) is 0 Å². The molecule has 0 unspecified atom stereocenters. The SMILES string of the molecule is COCCNC(=O)C1(F)CCN(C(=O)NCC(C)C)CC1. The number of nitrogens with zero attached hydrogens (tertiary/aromatic N) is 1. The maximum atomic E-state index is 14.5. The van der Waals surface area contributed by atoms with Crippen molar-refractivity contribution in [1.29, 1.82) is 0 Å². The zero-order valence-electron chi connectivity index (χ0n) is 13.1. The highest BCUT2D eigenvalue weighted by Gasteiger charge is 2.42. The molecule has 0 aliphatic carbocycles. The summed E-state index contributed by atoms with van der Waals surface area (Å²) in [4.78, 5) is 25.3. The molecule has 7 heteroatoms. The summed E-state index contributed by atoms with van der Waals surface area (Å²) >= 11 is 0. The largest absolute Gasteiger partial charge is 0.383 e. The predicted molar refractivity (Wildman–Crippen MR) is 77.8 cm³/mol. The number of alkyl halides is 1. The smallest absolute Gasteiger partial charge is 0.317 e. The van der Waals surface area contributed by atoms with Gasteiger partial charge in [-0.05, 0) is 5.92 Å². The number of carbonyl (C=O) groups excluding carboxylic acids is 2. The monoisotopic (exact) mass is 303 g/mol. The third-order valence-electron chi connectivity index (χ3n) is 3.50. The van der Waals surface area contributed by atoms with Crippen molar-refractivity contribution in [1.82, 2.24) is 15.5 Å². The van der Waals surface area contributed by atoms with Gasteiger partial charge in [-0.3, -0.25) is 4.79 Å². The van der Waals surface area contributed by atoms with E-state index in [0.29, 0.717) is 25.6 Å². The molecule has 0 saturated carbocycles. The molecule has 1 fully saturated rings. The van der Waals surface area contributed by atoms with Crippen molar-refractivity contribution < 1.29 is 18.7 Å². The van der Waals surface area contributed by atoms with Gasteiger partial charge in [0.15, 0.2) is 5.67 Å². The molecule has 6 nitrogen and oxygen atoms in total. The van der Waals surface area contributed by atoms with Crippen LogP contribution in [0.5, 0.6) is 0 Å². The molecule has 1 heterocycles. The number of ether oxygens (including phenoxy) is 1. The van der Waals surface area contributed by atoms with E-state index in [1.165, 1.54) is 7.11 Å². The number of urea groups is 1. The molecule has 21 heavy (non-hydrogen) atoms. The molecule has 0 aromatic rings. The summed E-state index contributed by atoms with van der Waals surface area (Å²) in [5, 5.41) is 5.32. The van der Waals surface area contributed by atoms with E-state index in [2.05, 4.69) is 10.6 Å². The third kappa shape index (κ3) is 5.49. The number of nitrogens with one attached hydrogen (secondary N) is 2. The minimum Gasteiger partial charge on any atom is -0.383 e. The number of halogens is 1. The lowest BCUT2D eigenvalue weighted by atomic mass is 9.92. The molecule has 1 rings (SSSR count). The van der Waals surface area contributed by atoms with Crippen molar-refractivity contribution in [2.75, 3.05) is 39.9 Å². The van der Waals surface area contributed by atoms with E-state index in [4.69, 9.17) is 4.74 Å². The molecule has 122 valence electrons. The highest BCUT2D eigenvalue weighted by atomic mass is 19.1. The van der Waals surface area contributed by atoms with E-state index >= 15 is 0 Å². The Kier molecular flexibility index (Phi) is 6.87. The molecule has 0 radical (unpaired) electrons. The van der Waals surface area contributed by atoms with Crippen LogP contribution in [0.2, 0.25) is 0 Å². The first-order chi connectivity index (χ1) is 9.89. The third-order valence-corrected chi connectivity index (χ3v) is 3.50. The van der Waals surface area contributed by atoms with Crippen molar-refractivity contribution in [3.63, 3.8) is 0 Å². The fraction of sp³-hybridized carbons (Fsp3) is 0.857. The van der Waals surface area contributed by atoms with Crippen LogP contribution in [0.3, 0.4) is 0 Å². The van der Waals surface area contributed by atoms with E-state index in [-0.39, 0.29) is 32.0 Å². The van der Waals surface area contributed by atoms with E-state index in [0.717, 1.165) is 0 Å². The van der Waals surface area contributed by atoms with Crippen LogP contribution < -0.4 is 10.6 Å². The Labute approximate surface area is 125 Å². The summed E-state index contributed by atoms with van der Waals surface area (Å²) in [7, 11) is 1.52. The Morgan fingerprint density at radius 3 is 2.43 bits per heavy atom. The summed E-state index contributed by atoms with van der Waals surface area (Å²) in [5.41, 5.74) is -1.89. The molecule has 0 bridgehead atoms. The highest BCUT2D eigenvalue weighted by molar-refractivity contribution is 5.85. The molecule has 2 N–H and O–H groups in total. The number of hydrogen-bond donors (Lipinski definition) is 2. The van der Waals surface area contributed by atoms with Gasteiger partial charge in [-0.25, -0.2) is 9.18 Å². The molecule has 0 aromatic heterocycles. The fourth-order valence-corrected chi connectivity index (χ4v) is 2.12. The lowest BCUT2D eigenvalue weighted by Gasteiger charge is -2.35. The Hall–Kier alpha value is -1.37. The second-order valence-electron chi connectivity index (χ2n) is 5.78. The molecule has 1 aliphatic rings. The molecule has 3 amide bonds. The predicted octanol–water partition coefficient (Wildman–Crippen LogP) is 0.919. The van der Waals surface area contributed by atoms with Crippen molar-refractivity contribution >= 4 is 11.9 Å². The van der Waals surface area contributed by atoms with Crippen LogP contribution in [0.15, 0.2) is 0 Å². The molecule has 1 aliphatic heterocycles. The zero-order valence-corrected chi connectivity index (χ0v) is 13.1. The maximum absolute atomic E-state index is 14.5. The van der Waals surface area contributed by atoms with Crippen LogP contribution in [0, 0.1) is 5.92 Å². The van der Waals surface area contributed by atoms with Crippen LogP contribution in [-0.4, -0.2) is 62.4 Å². The van der Waals surface area contributed by atoms with Crippen LogP contribution in [0.1, 0.15) is 26.7 Å².